The van der Waals surface area contributed by atoms with Crippen LogP contribution in [0.1, 0.15) is 29.3 Å². The van der Waals surface area contributed by atoms with Gasteiger partial charge in [0.15, 0.2) is 0 Å². The summed E-state index contributed by atoms with van der Waals surface area (Å²) in [6.45, 7) is 4.06. The Morgan fingerprint density at radius 2 is 2.35 bits per heavy atom. The van der Waals surface area contributed by atoms with Crippen LogP contribution in [0.4, 0.5) is 5.00 Å². The van der Waals surface area contributed by atoms with Gasteiger partial charge in [-0.05, 0) is 12.0 Å². The molecule has 0 spiro atoms. The van der Waals surface area contributed by atoms with Crippen LogP contribution in [0.25, 0.3) is 0 Å². The van der Waals surface area contributed by atoms with Crippen LogP contribution in [0.3, 0.4) is 0 Å². The molecule has 0 saturated heterocycles. The van der Waals surface area contributed by atoms with E-state index in [2.05, 4.69) is 5.32 Å². The van der Waals surface area contributed by atoms with E-state index in [-0.39, 0.29) is 5.91 Å². The zero-order chi connectivity index (χ0) is 12.4. The van der Waals surface area contributed by atoms with Gasteiger partial charge in [-0.25, -0.2) is 0 Å². The van der Waals surface area contributed by atoms with Crippen LogP contribution >= 0.6 is 11.3 Å². The van der Waals surface area contributed by atoms with Crippen molar-refractivity contribution in [3.05, 3.63) is 16.0 Å². The van der Waals surface area contributed by atoms with Gasteiger partial charge in [0.1, 0.15) is 0 Å². The quantitative estimate of drug-likeness (QED) is 0.859. The van der Waals surface area contributed by atoms with Crippen LogP contribution in [0.2, 0.25) is 0 Å². The maximum Gasteiger partial charge on any atom is 0.222 e. The molecule has 94 valence electrons. The van der Waals surface area contributed by atoms with Gasteiger partial charge in [-0.1, -0.05) is 6.92 Å². The highest BCUT2D eigenvalue weighted by atomic mass is 32.1. The number of amides is 1. The molecule has 0 saturated carbocycles. The summed E-state index contributed by atoms with van der Waals surface area (Å²) >= 11 is 1.73. The third-order valence-corrected chi connectivity index (χ3v) is 4.53. The van der Waals surface area contributed by atoms with E-state index >= 15 is 0 Å². The Labute approximate surface area is 106 Å². The summed E-state index contributed by atoms with van der Waals surface area (Å²) < 4.78 is 0. The number of nitrogens with one attached hydrogen (secondary N) is 1. The normalized spacial score (nSPS) is 14.6. The molecule has 2 rings (SSSR count). The topological polar surface area (TPSA) is 58.4 Å². The minimum Gasteiger partial charge on any atom is -0.380 e. The molecule has 4 nitrogen and oxygen atoms in total. The Morgan fingerprint density at radius 3 is 2.94 bits per heavy atom. The molecule has 0 radical (unpaired) electrons. The van der Waals surface area contributed by atoms with Gasteiger partial charge >= 0.3 is 0 Å². The lowest BCUT2D eigenvalue weighted by Gasteiger charge is -2.27. The minimum atomic E-state index is 0.240. The van der Waals surface area contributed by atoms with Crippen molar-refractivity contribution in [3.63, 3.8) is 0 Å². The maximum atomic E-state index is 11.7. The van der Waals surface area contributed by atoms with E-state index in [9.17, 15) is 4.79 Å². The Kier molecular flexibility index (Phi) is 3.69. The monoisotopic (exact) mass is 253 g/mol. The van der Waals surface area contributed by atoms with E-state index in [1.165, 1.54) is 16.0 Å². The molecule has 3 N–H and O–H groups in total. The Balaban J connectivity index is 2.27. The summed E-state index contributed by atoms with van der Waals surface area (Å²) in [6, 6.07) is 0. The van der Waals surface area contributed by atoms with Gasteiger partial charge in [0.2, 0.25) is 5.91 Å². The van der Waals surface area contributed by atoms with E-state index < -0.39 is 0 Å². The number of anilines is 1. The van der Waals surface area contributed by atoms with Gasteiger partial charge in [-0.15, -0.1) is 11.3 Å². The molecule has 0 unspecified atom stereocenters. The van der Waals surface area contributed by atoms with Crippen molar-refractivity contribution in [1.82, 2.24) is 4.90 Å². The number of carbonyl (C=O) groups is 1. The number of hydrogen-bond donors (Lipinski definition) is 2. The molecule has 1 aliphatic heterocycles. The molecule has 5 heteroatoms. The highest BCUT2D eigenvalue weighted by molar-refractivity contribution is 7.16. The Hall–Kier alpha value is -1.07. The first kappa shape index (κ1) is 12.4. The fourth-order valence-electron chi connectivity index (χ4n) is 2.32. The second-order valence-electron chi connectivity index (χ2n) is 4.18. The summed E-state index contributed by atoms with van der Waals surface area (Å²) in [5.74, 6) is 0.240. The summed E-state index contributed by atoms with van der Waals surface area (Å²) in [4.78, 5) is 14.9. The molecular weight excluding hydrogens is 234 g/mol. The second-order valence-corrected chi connectivity index (χ2v) is 5.29. The average molecular weight is 253 g/mol. The van der Waals surface area contributed by atoms with Crippen LogP contribution in [0.15, 0.2) is 0 Å². The summed E-state index contributed by atoms with van der Waals surface area (Å²) in [7, 11) is 1.92. The van der Waals surface area contributed by atoms with Crippen molar-refractivity contribution in [1.29, 1.82) is 0 Å². The third kappa shape index (κ3) is 2.17. The highest BCUT2D eigenvalue weighted by Crippen LogP contribution is 2.36. The summed E-state index contributed by atoms with van der Waals surface area (Å²) in [5, 5.41) is 4.35. The van der Waals surface area contributed by atoms with Crippen molar-refractivity contribution in [3.8, 4) is 0 Å². The zero-order valence-electron chi connectivity index (χ0n) is 10.4. The molecule has 0 atom stereocenters. The van der Waals surface area contributed by atoms with Crippen molar-refractivity contribution >= 4 is 22.2 Å². The van der Waals surface area contributed by atoms with Gasteiger partial charge < -0.3 is 16.0 Å². The summed E-state index contributed by atoms with van der Waals surface area (Å²) in [6.07, 6.45) is 1.52. The van der Waals surface area contributed by atoms with E-state index in [1.807, 2.05) is 18.9 Å². The average Bonchev–Trinajstić information content (AvgIpc) is 2.74. The number of hydrogen-bond acceptors (Lipinski definition) is 4. The van der Waals surface area contributed by atoms with Crippen LogP contribution in [-0.2, 0) is 24.3 Å². The molecule has 1 aromatic heterocycles. The molecule has 0 fully saturated rings. The Morgan fingerprint density at radius 1 is 1.59 bits per heavy atom. The smallest absolute Gasteiger partial charge is 0.222 e. The number of thiophene rings is 1. The molecule has 2 heterocycles. The largest absolute Gasteiger partial charge is 0.380 e. The van der Waals surface area contributed by atoms with Crippen molar-refractivity contribution in [2.24, 2.45) is 5.73 Å². The number of fused-ring (bicyclic) bond motifs is 1. The van der Waals surface area contributed by atoms with Crippen molar-refractivity contribution in [2.45, 2.75) is 32.9 Å². The number of nitrogens with zero attached hydrogens (tertiary/aromatic N) is 1. The predicted octanol–water partition coefficient (Wildman–Crippen LogP) is 1.54. The van der Waals surface area contributed by atoms with Crippen LogP contribution in [0.5, 0.6) is 0 Å². The molecule has 1 aliphatic rings. The maximum absolute atomic E-state index is 11.7. The lowest BCUT2D eigenvalue weighted by molar-refractivity contribution is -0.131. The number of nitrogens with two attached hydrogens (primary N) is 1. The first-order valence-electron chi connectivity index (χ1n) is 6.00. The van der Waals surface area contributed by atoms with Gasteiger partial charge in [0, 0.05) is 37.0 Å². The SMILES string of the molecule is CCC(=O)N1CCc2c(sc(NC)c2CN)C1. The van der Waals surface area contributed by atoms with Gasteiger partial charge in [0.05, 0.1) is 11.5 Å². The molecule has 0 aliphatic carbocycles. The highest BCUT2D eigenvalue weighted by Gasteiger charge is 2.25. The van der Waals surface area contributed by atoms with E-state index in [1.54, 1.807) is 11.3 Å². The lowest BCUT2D eigenvalue weighted by Crippen LogP contribution is -2.35. The fraction of sp³-hybridized carbons (Fsp3) is 0.583. The zero-order valence-corrected chi connectivity index (χ0v) is 11.2. The molecule has 1 amide bonds. The number of rotatable bonds is 3. The van der Waals surface area contributed by atoms with Crippen LogP contribution in [-0.4, -0.2) is 24.4 Å². The molecule has 0 aromatic carbocycles. The molecule has 0 bridgehead atoms. The molecule has 17 heavy (non-hydrogen) atoms. The molecule has 1 aromatic rings. The predicted molar refractivity (Wildman–Crippen MR) is 71.2 cm³/mol. The summed E-state index contributed by atoms with van der Waals surface area (Å²) in [5.41, 5.74) is 8.40. The lowest BCUT2D eigenvalue weighted by atomic mass is 10.0. The van der Waals surface area contributed by atoms with Gasteiger partial charge in [0.25, 0.3) is 0 Å². The van der Waals surface area contributed by atoms with Crippen LogP contribution in [0, 0.1) is 0 Å². The Bertz CT molecular complexity index is 428. The van der Waals surface area contributed by atoms with Gasteiger partial charge in [-0.3, -0.25) is 4.79 Å². The second kappa shape index (κ2) is 5.06. The minimum absolute atomic E-state index is 0.240. The molecular formula is C12H19N3OS. The first-order chi connectivity index (χ1) is 8.21. The van der Waals surface area contributed by atoms with Crippen molar-refractivity contribution in [2.75, 3.05) is 18.9 Å². The van der Waals surface area contributed by atoms with E-state index in [4.69, 9.17) is 5.73 Å². The van der Waals surface area contributed by atoms with Gasteiger partial charge in [-0.2, -0.15) is 0 Å². The standard InChI is InChI=1S/C12H19N3OS/c1-3-11(16)15-5-4-8-9(6-13)12(14-2)17-10(8)7-15/h14H,3-7,13H2,1-2H3. The van der Waals surface area contributed by atoms with Crippen LogP contribution < -0.4 is 11.1 Å². The fourth-order valence-corrected chi connectivity index (χ4v) is 3.57. The number of carbonyl (C=O) groups excluding carboxylic acids is 1. The third-order valence-electron chi connectivity index (χ3n) is 3.25. The first-order valence-corrected chi connectivity index (χ1v) is 6.81. The van der Waals surface area contributed by atoms with E-state index in [0.29, 0.717) is 13.0 Å². The van der Waals surface area contributed by atoms with Crippen molar-refractivity contribution < 1.29 is 4.79 Å². The van der Waals surface area contributed by atoms with E-state index in [0.717, 1.165) is 24.5 Å².